The molecular formula is C31H49N3O6S. The van der Waals surface area contributed by atoms with Crippen molar-refractivity contribution in [3.8, 4) is 0 Å². The number of nitro groups is 1. The van der Waals surface area contributed by atoms with Crippen LogP contribution >= 0.6 is 12.6 Å². The monoisotopic (exact) mass is 591 g/mol. The van der Waals surface area contributed by atoms with Crippen molar-refractivity contribution in [3.05, 3.63) is 39.9 Å². The fourth-order valence-electron chi connectivity index (χ4n) is 8.24. The summed E-state index contributed by atoms with van der Waals surface area (Å²) >= 11 is 4.82. The molecule has 0 radical (unpaired) electrons. The van der Waals surface area contributed by atoms with Crippen LogP contribution in [0.4, 0.5) is 5.69 Å². The number of nitrogens with zero attached hydrogens (tertiary/aromatic N) is 3. The molecule has 0 amide bonds. The molecule has 2 unspecified atom stereocenters. The summed E-state index contributed by atoms with van der Waals surface area (Å²) in [6.45, 7) is 11.8. The van der Waals surface area contributed by atoms with Gasteiger partial charge in [-0.1, -0.05) is 12.1 Å². The Morgan fingerprint density at radius 3 is 1.46 bits per heavy atom. The first kappa shape index (κ1) is 31.2. The van der Waals surface area contributed by atoms with E-state index in [2.05, 4.69) is 37.5 Å². The molecule has 1 aromatic rings. The minimum Gasteiger partial charge on any atom is -0.361 e. The summed E-state index contributed by atoms with van der Waals surface area (Å²) in [6, 6.07) is 6.98. The van der Waals surface area contributed by atoms with E-state index in [1.54, 1.807) is 12.1 Å². The van der Waals surface area contributed by atoms with Crippen LogP contribution in [-0.2, 0) is 25.4 Å². The Morgan fingerprint density at radius 2 is 1.15 bits per heavy atom. The molecule has 0 spiro atoms. The summed E-state index contributed by atoms with van der Waals surface area (Å²) in [5, 5.41) is 11.4. The third-order valence-electron chi connectivity index (χ3n) is 9.95. The molecule has 0 aliphatic carbocycles. The zero-order valence-electron chi connectivity index (χ0n) is 25.3. The molecule has 41 heavy (non-hydrogen) atoms. The number of thiol groups is 1. The molecule has 0 aromatic heterocycles. The normalized spacial score (nSPS) is 35.5. The molecule has 9 nitrogen and oxygen atoms in total. The predicted molar refractivity (Wildman–Crippen MR) is 161 cm³/mol. The van der Waals surface area contributed by atoms with Gasteiger partial charge >= 0.3 is 0 Å². The van der Waals surface area contributed by atoms with E-state index >= 15 is 0 Å². The van der Waals surface area contributed by atoms with Gasteiger partial charge in [0.1, 0.15) is 22.9 Å². The molecule has 5 rings (SSSR count). The van der Waals surface area contributed by atoms with Gasteiger partial charge in [-0.15, -0.1) is 0 Å². The van der Waals surface area contributed by atoms with Crippen LogP contribution in [0.15, 0.2) is 24.3 Å². The number of ether oxygens (including phenoxy) is 4. The maximum atomic E-state index is 11.4. The van der Waals surface area contributed by atoms with Crippen molar-refractivity contribution in [3.63, 3.8) is 0 Å². The predicted octanol–water partition coefficient (Wildman–Crippen LogP) is 5.90. The van der Waals surface area contributed by atoms with E-state index in [0.29, 0.717) is 12.2 Å². The topological polar surface area (TPSA) is 86.5 Å². The number of hydrogen-bond donors (Lipinski definition) is 1. The molecule has 4 aliphatic heterocycles. The number of non-ortho nitro benzene ring substituents is 1. The summed E-state index contributed by atoms with van der Waals surface area (Å²) < 4.78 is 26.4. The fourth-order valence-corrected chi connectivity index (χ4v) is 8.51. The minimum absolute atomic E-state index is 0.00376. The first-order chi connectivity index (χ1) is 19.5. The molecule has 0 bridgehead atoms. The van der Waals surface area contributed by atoms with Crippen molar-refractivity contribution in [2.75, 3.05) is 32.2 Å². The Kier molecular flexibility index (Phi) is 9.41. The number of rotatable bonds is 12. The molecule has 6 atom stereocenters. The zero-order chi connectivity index (χ0) is 29.3. The van der Waals surface area contributed by atoms with Crippen LogP contribution in [0.2, 0.25) is 0 Å². The Balaban J connectivity index is 1.66. The molecule has 10 heteroatoms. The Bertz CT molecular complexity index is 987. The second-order valence-corrected chi connectivity index (χ2v) is 13.5. The Hall–Kier alpha value is -1.27. The standard InChI is InChI=1S/C31H49N3O6S/c1-28(14-5-18-37-28)32(29(2)15-6-19-38-29)26(13-22-41)27(23-24-9-11-25(12-10-24)34(35)36)33(30(3)16-7-20-39-30)31(4)17-8-21-40-31/h9-12,26-27,41H,5-8,13-23H2,1-4H3/t26?,27?,28-,29-,30-,31-/m0/s1. The zero-order valence-corrected chi connectivity index (χ0v) is 26.2. The van der Waals surface area contributed by atoms with Crippen molar-refractivity contribution in [1.29, 1.82) is 0 Å². The summed E-state index contributed by atoms with van der Waals surface area (Å²) in [6.07, 6.45) is 9.20. The highest BCUT2D eigenvalue weighted by molar-refractivity contribution is 7.80. The second-order valence-electron chi connectivity index (χ2n) is 13.0. The first-order valence-corrected chi connectivity index (χ1v) is 16.2. The smallest absolute Gasteiger partial charge is 0.269 e. The average molecular weight is 592 g/mol. The van der Waals surface area contributed by atoms with Gasteiger partial charge in [-0.2, -0.15) is 12.6 Å². The van der Waals surface area contributed by atoms with E-state index < -0.39 is 22.9 Å². The van der Waals surface area contributed by atoms with Crippen molar-refractivity contribution >= 4 is 18.3 Å². The van der Waals surface area contributed by atoms with Gasteiger partial charge < -0.3 is 18.9 Å². The third-order valence-corrected chi connectivity index (χ3v) is 10.2. The lowest BCUT2D eigenvalue weighted by molar-refractivity contribution is -0.384. The van der Waals surface area contributed by atoms with Crippen LogP contribution in [0.25, 0.3) is 0 Å². The van der Waals surface area contributed by atoms with Crippen molar-refractivity contribution in [2.45, 2.75) is 127 Å². The fraction of sp³-hybridized carbons (Fsp3) is 0.806. The van der Waals surface area contributed by atoms with Gasteiger partial charge in [0.25, 0.3) is 5.69 Å². The summed E-state index contributed by atoms with van der Waals surface area (Å²) in [5.74, 6) is 0.701. The summed E-state index contributed by atoms with van der Waals surface area (Å²) in [7, 11) is 0. The van der Waals surface area contributed by atoms with E-state index in [-0.39, 0.29) is 22.7 Å². The largest absolute Gasteiger partial charge is 0.361 e. The number of benzene rings is 1. The van der Waals surface area contributed by atoms with Crippen LogP contribution in [0.3, 0.4) is 0 Å². The van der Waals surface area contributed by atoms with Crippen molar-refractivity contribution in [1.82, 2.24) is 9.80 Å². The lowest BCUT2D eigenvalue weighted by Crippen LogP contribution is -2.72. The van der Waals surface area contributed by atoms with Gasteiger partial charge in [-0.3, -0.25) is 10.1 Å². The molecule has 4 heterocycles. The lowest BCUT2D eigenvalue weighted by atomic mass is 9.86. The molecule has 4 saturated heterocycles. The Labute approximate surface area is 250 Å². The van der Waals surface area contributed by atoms with E-state index in [9.17, 15) is 10.1 Å². The quantitative estimate of drug-likeness (QED) is 0.183. The maximum Gasteiger partial charge on any atom is 0.269 e. The summed E-state index contributed by atoms with van der Waals surface area (Å²) in [4.78, 5) is 16.2. The van der Waals surface area contributed by atoms with Crippen LogP contribution in [0.1, 0.15) is 91.0 Å². The highest BCUT2D eigenvalue weighted by Crippen LogP contribution is 2.48. The summed E-state index contributed by atoms with van der Waals surface area (Å²) in [5.41, 5.74) is -0.846. The van der Waals surface area contributed by atoms with Gasteiger partial charge in [0.15, 0.2) is 0 Å². The van der Waals surface area contributed by atoms with Crippen LogP contribution in [0.5, 0.6) is 0 Å². The maximum absolute atomic E-state index is 11.4. The second kappa shape index (κ2) is 12.4. The van der Waals surface area contributed by atoms with Crippen LogP contribution in [-0.4, -0.2) is 81.9 Å². The SMILES string of the molecule is C[C@@]1(N(C(CCS)C(Cc2ccc([N+](=O)[O-])cc2)N([C@]2(C)CCCO2)[C@]2(C)CCCO2)[C@]2(C)CCCO2)CCCO1. The van der Waals surface area contributed by atoms with Gasteiger partial charge in [0.2, 0.25) is 0 Å². The highest BCUT2D eigenvalue weighted by atomic mass is 32.1. The van der Waals surface area contributed by atoms with Crippen LogP contribution < -0.4 is 0 Å². The van der Waals surface area contributed by atoms with E-state index in [1.807, 2.05) is 12.1 Å². The first-order valence-electron chi connectivity index (χ1n) is 15.5. The van der Waals surface area contributed by atoms with Gasteiger partial charge in [0, 0.05) is 50.6 Å². The molecule has 4 aliphatic rings. The average Bonchev–Trinajstić information content (AvgIpc) is 3.75. The van der Waals surface area contributed by atoms with Crippen molar-refractivity contribution in [2.24, 2.45) is 0 Å². The van der Waals surface area contributed by atoms with E-state index in [0.717, 1.165) is 89.8 Å². The van der Waals surface area contributed by atoms with Crippen molar-refractivity contribution < 1.29 is 23.9 Å². The molecule has 0 saturated carbocycles. The Morgan fingerprint density at radius 1 is 0.756 bits per heavy atom. The van der Waals surface area contributed by atoms with Gasteiger partial charge in [-0.25, -0.2) is 9.80 Å². The highest BCUT2D eigenvalue weighted by Gasteiger charge is 2.58. The van der Waals surface area contributed by atoms with Crippen LogP contribution in [0, 0.1) is 10.1 Å². The molecular weight excluding hydrogens is 542 g/mol. The van der Waals surface area contributed by atoms with Gasteiger partial charge in [0.05, 0.1) is 4.92 Å². The minimum atomic E-state index is -0.514. The molecule has 1 aromatic carbocycles. The lowest BCUT2D eigenvalue weighted by Gasteiger charge is -2.58. The molecule has 0 N–H and O–H groups in total. The van der Waals surface area contributed by atoms with Gasteiger partial charge in [-0.05, 0) is 103 Å². The van der Waals surface area contributed by atoms with E-state index in [4.69, 9.17) is 31.6 Å². The third kappa shape index (κ3) is 6.21. The molecule has 4 fully saturated rings. The van der Waals surface area contributed by atoms with E-state index in [1.165, 1.54) is 0 Å². The molecule has 230 valence electrons. The number of nitro benzene ring substituents is 1. The number of hydrogen-bond acceptors (Lipinski definition) is 9.